The lowest BCUT2D eigenvalue weighted by Crippen LogP contribution is -2.03. The van der Waals surface area contributed by atoms with E-state index in [9.17, 15) is 9.90 Å². The normalized spacial score (nSPS) is 11.9. The molecule has 2 rings (SSSR count). The predicted octanol–water partition coefficient (Wildman–Crippen LogP) is 4.27. The first-order chi connectivity index (χ1) is 10.0. The lowest BCUT2D eigenvalue weighted by Gasteiger charge is -2.16. The van der Waals surface area contributed by atoms with Crippen molar-refractivity contribution in [2.45, 2.75) is 26.2 Å². The number of rotatable bonds is 5. The summed E-state index contributed by atoms with van der Waals surface area (Å²) in [5.74, 6) is 0.222. The molecule has 110 valence electrons. The van der Waals surface area contributed by atoms with Gasteiger partial charge in [0.1, 0.15) is 17.1 Å². The summed E-state index contributed by atoms with van der Waals surface area (Å²) in [5.41, 5.74) is 7.36. The maximum atomic E-state index is 11.3. The summed E-state index contributed by atoms with van der Waals surface area (Å²) in [5, 5.41) is 9.24. The first-order valence-electron chi connectivity index (χ1n) is 6.92. The van der Waals surface area contributed by atoms with Gasteiger partial charge in [0.25, 0.3) is 0 Å². The lowest BCUT2D eigenvalue weighted by molar-refractivity contribution is 0.0694. The van der Waals surface area contributed by atoms with Crippen LogP contribution in [-0.2, 0) is 0 Å². The Labute approximate surface area is 124 Å². The summed E-state index contributed by atoms with van der Waals surface area (Å²) in [7, 11) is 0. The van der Waals surface area contributed by atoms with Crippen molar-refractivity contribution in [2.24, 2.45) is 0 Å². The van der Waals surface area contributed by atoms with Crippen molar-refractivity contribution < 1.29 is 14.6 Å². The molecule has 0 aliphatic heterocycles. The molecule has 0 fully saturated rings. The number of benzene rings is 2. The summed E-state index contributed by atoms with van der Waals surface area (Å²) in [6.07, 6.45) is 0.975. The van der Waals surface area contributed by atoms with E-state index in [1.165, 1.54) is 12.1 Å². The minimum atomic E-state index is -1.04. The van der Waals surface area contributed by atoms with Crippen LogP contribution in [0.4, 0.5) is 5.69 Å². The maximum absolute atomic E-state index is 11.3. The Morgan fingerprint density at radius 3 is 2.62 bits per heavy atom. The Hall–Kier alpha value is -2.49. The number of ether oxygens (including phenoxy) is 1. The zero-order chi connectivity index (χ0) is 15.4. The number of carbonyl (C=O) groups is 1. The molecule has 2 aromatic carbocycles. The fraction of sp³-hybridized carbons (Fsp3) is 0.235. The van der Waals surface area contributed by atoms with E-state index in [2.05, 4.69) is 13.8 Å². The quantitative estimate of drug-likeness (QED) is 0.804. The maximum Gasteiger partial charge on any atom is 0.339 e. The summed E-state index contributed by atoms with van der Waals surface area (Å²) < 4.78 is 5.84. The van der Waals surface area contributed by atoms with E-state index in [0.717, 1.165) is 12.0 Å². The van der Waals surface area contributed by atoms with Crippen LogP contribution >= 0.6 is 0 Å². The van der Waals surface area contributed by atoms with Gasteiger partial charge in [-0.05, 0) is 36.1 Å². The highest BCUT2D eigenvalue weighted by atomic mass is 16.5. The highest BCUT2D eigenvalue weighted by Crippen LogP contribution is 2.34. The van der Waals surface area contributed by atoms with Crippen molar-refractivity contribution in [3.8, 4) is 11.5 Å². The molecule has 0 heterocycles. The Morgan fingerprint density at radius 1 is 1.24 bits per heavy atom. The van der Waals surface area contributed by atoms with Crippen LogP contribution in [0.25, 0.3) is 0 Å². The molecule has 0 radical (unpaired) electrons. The van der Waals surface area contributed by atoms with Gasteiger partial charge in [0, 0.05) is 11.8 Å². The standard InChI is InChI=1S/C17H19NO3/c1-3-11(2)13-6-4-5-7-15(13)21-16-10-12(18)8-9-14(16)17(19)20/h4-11H,3,18H2,1-2H3,(H,19,20). The summed E-state index contributed by atoms with van der Waals surface area (Å²) in [6.45, 7) is 4.21. The molecule has 2 aromatic rings. The monoisotopic (exact) mass is 285 g/mol. The minimum absolute atomic E-state index is 0.100. The zero-order valence-corrected chi connectivity index (χ0v) is 12.2. The fourth-order valence-corrected chi connectivity index (χ4v) is 2.12. The van der Waals surface area contributed by atoms with Gasteiger partial charge < -0.3 is 15.6 Å². The van der Waals surface area contributed by atoms with Crippen LogP contribution in [0.15, 0.2) is 42.5 Å². The molecule has 0 saturated carbocycles. The van der Waals surface area contributed by atoms with Gasteiger partial charge in [0.05, 0.1) is 0 Å². The first kappa shape index (κ1) is 14.9. The zero-order valence-electron chi connectivity index (χ0n) is 12.2. The smallest absolute Gasteiger partial charge is 0.339 e. The fourth-order valence-electron chi connectivity index (χ4n) is 2.12. The molecule has 4 heteroatoms. The summed E-state index contributed by atoms with van der Waals surface area (Å²) >= 11 is 0. The predicted molar refractivity (Wildman–Crippen MR) is 83.0 cm³/mol. The summed E-state index contributed by atoms with van der Waals surface area (Å²) in [4.78, 5) is 11.3. The molecule has 0 spiro atoms. The number of carboxylic acid groups (broad SMARTS) is 1. The van der Waals surface area contributed by atoms with Gasteiger partial charge in [-0.2, -0.15) is 0 Å². The molecule has 0 amide bonds. The second-order valence-electron chi connectivity index (χ2n) is 5.01. The Balaban J connectivity index is 2.43. The van der Waals surface area contributed by atoms with Crippen molar-refractivity contribution in [2.75, 3.05) is 5.73 Å². The van der Waals surface area contributed by atoms with E-state index >= 15 is 0 Å². The van der Waals surface area contributed by atoms with Crippen molar-refractivity contribution in [3.05, 3.63) is 53.6 Å². The molecule has 0 aliphatic carbocycles. The van der Waals surface area contributed by atoms with E-state index in [1.54, 1.807) is 6.07 Å². The molecular formula is C17H19NO3. The molecule has 0 aromatic heterocycles. The Morgan fingerprint density at radius 2 is 1.95 bits per heavy atom. The molecule has 4 nitrogen and oxygen atoms in total. The van der Waals surface area contributed by atoms with Gasteiger partial charge in [0.15, 0.2) is 0 Å². The third kappa shape index (κ3) is 3.34. The number of nitrogen functional groups attached to an aromatic ring is 1. The van der Waals surface area contributed by atoms with E-state index in [-0.39, 0.29) is 11.3 Å². The van der Waals surface area contributed by atoms with Crippen molar-refractivity contribution >= 4 is 11.7 Å². The van der Waals surface area contributed by atoms with Gasteiger partial charge in [-0.15, -0.1) is 0 Å². The molecule has 0 saturated heterocycles. The van der Waals surface area contributed by atoms with Gasteiger partial charge in [-0.3, -0.25) is 0 Å². The highest BCUT2D eigenvalue weighted by molar-refractivity contribution is 5.91. The third-order valence-corrected chi connectivity index (χ3v) is 3.52. The number of para-hydroxylation sites is 1. The largest absolute Gasteiger partial charge is 0.478 e. The second kappa shape index (κ2) is 6.31. The van der Waals surface area contributed by atoms with E-state index in [4.69, 9.17) is 10.5 Å². The lowest BCUT2D eigenvalue weighted by atomic mass is 9.98. The van der Waals surface area contributed by atoms with Gasteiger partial charge in [-0.25, -0.2) is 4.79 Å². The molecule has 0 aliphatic rings. The number of aromatic carboxylic acids is 1. The number of anilines is 1. The van der Waals surface area contributed by atoms with E-state index in [0.29, 0.717) is 17.4 Å². The average Bonchev–Trinajstić information content (AvgIpc) is 2.47. The second-order valence-corrected chi connectivity index (χ2v) is 5.01. The average molecular weight is 285 g/mol. The molecule has 0 bridgehead atoms. The topological polar surface area (TPSA) is 72.5 Å². The van der Waals surface area contributed by atoms with Crippen LogP contribution in [-0.4, -0.2) is 11.1 Å². The van der Waals surface area contributed by atoms with Gasteiger partial charge >= 0.3 is 5.97 Å². The van der Waals surface area contributed by atoms with Gasteiger partial charge in [0.2, 0.25) is 0 Å². The molecular weight excluding hydrogens is 266 g/mol. The molecule has 1 atom stereocenters. The van der Waals surface area contributed by atoms with Crippen LogP contribution in [0.3, 0.4) is 0 Å². The number of hydrogen-bond acceptors (Lipinski definition) is 3. The third-order valence-electron chi connectivity index (χ3n) is 3.52. The first-order valence-corrected chi connectivity index (χ1v) is 6.92. The Kier molecular flexibility index (Phi) is 4.48. The summed E-state index contributed by atoms with van der Waals surface area (Å²) in [6, 6.07) is 12.2. The van der Waals surface area contributed by atoms with Crippen molar-refractivity contribution in [1.29, 1.82) is 0 Å². The van der Waals surface area contributed by atoms with Crippen LogP contribution in [0.5, 0.6) is 11.5 Å². The van der Waals surface area contributed by atoms with Crippen LogP contribution in [0.2, 0.25) is 0 Å². The highest BCUT2D eigenvalue weighted by Gasteiger charge is 2.15. The molecule has 21 heavy (non-hydrogen) atoms. The Bertz CT molecular complexity index is 652. The van der Waals surface area contributed by atoms with E-state index in [1.807, 2.05) is 24.3 Å². The molecule has 3 N–H and O–H groups in total. The number of hydrogen-bond donors (Lipinski definition) is 2. The number of carboxylic acids is 1. The number of nitrogens with two attached hydrogens (primary N) is 1. The van der Waals surface area contributed by atoms with Crippen LogP contribution < -0.4 is 10.5 Å². The minimum Gasteiger partial charge on any atom is -0.478 e. The van der Waals surface area contributed by atoms with Crippen LogP contribution in [0, 0.1) is 0 Å². The van der Waals surface area contributed by atoms with Gasteiger partial charge in [-0.1, -0.05) is 32.0 Å². The van der Waals surface area contributed by atoms with E-state index < -0.39 is 5.97 Å². The SMILES string of the molecule is CCC(C)c1ccccc1Oc1cc(N)ccc1C(=O)O. The van der Waals surface area contributed by atoms with Crippen molar-refractivity contribution in [1.82, 2.24) is 0 Å². The van der Waals surface area contributed by atoms with Crippen LogP contribution in [0.1, 0.15) is 42.1 Å². The van der Waals surface area contributed by atoms with Crippen molar-refractivity contribution in [3.63, 3.8) is 0 Å². The molecule has 1 unspecified atom stereocenters.